The molecule has 0 atom stereocenters. The second-order valence-corrected chi connectivity index (χ2v) is 6.21. The molecule has 0 heterocycles. The maximum atomic E-state index is 10.5. The molecule has 24 heavy (non-hydrogen) atoms. The minimum atomic E-state index is -1.00. The van der Waals surface area contributed by atoms with Crippen LogP contribution >= 0.6 is 0 Å². The van der Waals surface area contributed by atoms with Gasteiger partial charge in [0.05, 0.1) is 12.8 Å². The number of carbonyl (C=O) groups is 2. The van der Waals surface area contributed by atoms with Gasteiger partial charge in [-0.3, -0.25) is 20.4 Å². The molecule has 0 aromatic heterocycles. The fourth-order valence-corrected chi connectivity index (χ4v) is 1.37. The van der Waals surface area contributed by atoms with E-state index in [-0.39, 0.29) is 37.6 Å². The molecule has 0 saturated heterocycles. The molecule has 136 valence electrons. The summed E-state index contributed by atoms with van der Waals surface area (Å²) in [4.78, 5) is 20.9. The van der Waals surface area contributed by atoms with Crippen LogP contribution in [0.15, 0.2) is 10.2 Å². The molecule has 0 fully saturated rings. The van der Waals surface area contributed by atoms with Gasteiger partial charge in [-0.2, -0.15) is 10.2 Å². The second-order valence-electron chi connectivity index (χ2n) is 6.21. The summed E-state index contributed by atoms with van der Waals surface area (Å²) in [6, 6.07) is 0. The number of nitrogens with one attached hydrogen (secondary N) is 4. The molecule has 0 bridgehead atoms. The summed E-state index contributed by atoms with van der Waals surface area (Å²) in [6.45, 7) is 6.80. The van der Waals surface area contributed by atoms with Crippen LogP contribution in [-0.4, -0.2) is 58.0 Å². The smallest absolute Gasteiger partial charge is 0.305 e. The molecule has 0 unspecified atom stereocenters. The minimum Gasteiger partial charge on any atom is -0.481 e. The number of nitrogens with zero attached hydrogens (tertiary/aromatic N) is 2. The van der Waals surface area contributed by atoms with Gasteiger partial charge >= 0.3 is 11.9 Å². The summed E-state index contributed by atoms with van der Waals surface area (Å²) in [5, 5.41) is 46.5. The van der Waals surface area contributed by atoms with Crippen LogP contribution in [0.5, 0.6) is 0 Å². The average Bonchev–Trinajstić information content (AvgIpc) is 2.44. The molecule has 0 rings (SSSR count). The van der Waals surface area contributed by atoms with Gasteiger partial charge in [0.25, 0.3) is 0 Å². The molecule has 0 amide bonds. The van der Waals surface area contributed by atoms with Gasteiger partial charge in [-0.1, -0.05) is 0 Å². The maximum Gasteiger partial charge on any atom is 0.305 e. The third-order valence-corrected chi connectivity index (χ3v) is 3.05. The molecule has 10 heteroatoms. The van der Waals surface area contributed by atoms with Crippen molar-refractivity contribution in [3.8, 4) is 0 Å². The fourth-order valence-electron chi connectivity index (χ4n) is 1.37. The quantitative estimate of drug-likeness (QED) is 0.197. The van der Waals surface area contributed by atoms with E-state index in [4.69, 9.17) is 21.0 Å². The van der Waals surface area contributed by atoms with Crippen molar-refractivity contribution in [1.82, 2.24) is 10.6 Å². The van der Waals surface area contributed by atoms with E-state index >= 15 is 0 Å². The molecule has 0 spiro atoms. The number of azo groups is 1. The Bertz CT molecular complexity index is 481. The lowest BCUT2D eigenvalue weighted by molar-refractivity contribution is -0.137. The predicted octanol–water partition coefficient (Wildman–Crippen LogP) is 1.08. The van der Waals surface area contributed by atoms with E-state index in [0.29, 0.717) is 0 Å². The highest BCUT2D eigenvalue weighted by Crippen LogP contribution is 2.16. The first-order valence-corrected chi connectivity index (χ1v) is 7.42. The van der Waals surface area contributed by atoms with Crippen LogP contribution in [-0.2, 0) is 9.59 Å². The Morgan fingerprint density at radius 1 is 0.833 bits per heavy atom. The van der Waals surface area contributed by atoms with Crippen molar-refractivity contribution in [2.75, 3.05) is 13.1 Å². The van der Waals surface area contributed by atoms with E-state index in [9.17, 15) is 9.59 Å². The van der Waals surface area contributed by atoms with E-state index in [1.807, 2.05) is 0 Å². The summed E-state index contributed by atoms with van der Waals surface area (Å²) in [7, 11) is 0. The molecule has 0 saturated carbocycles. The fraction of sp³-hybridized carbons (Fsp3) is 0.714. The summed E-state index contributed by atoms with van der Waals surface area (Å²) < 4.78 is 0. The molecule has 0 aliphatic carbocycles. The SMILES string of the molecule is CC(C)(/N=N\C(C)(C)C(=N)NCCC(=O)O)C(=N)NCCC(=O)O. The standard InChI is InChI=1S/C14H26N6O4/c1-13(2,11(15)17-7-5-9(21)22)19-20-14(3,4)12(16)18-8-6-10(23)24/h5-8H2,1-4H3,(H2,15,17)(H2,16,18)(H,21,22)(H,23,24)/b20-19-. The van der Waals surface area contributed by atoms with Crippen molar-refractivity contribution in [2.24, 2.45) is 10.2 Å². The first-order chi connectivity index (χ1) is 10.9. The Balaban J connectivity index is 4.68. The average molecular weight is 342 g/mol. The van der Waals surface area contributed by atoms with Crippen LogP contribution in [0.3, 0.4) is 0 Å². The van der Waals surface area contributed by atoms with Gasteiger partial charge in [0.15, 0.2) is 0 Å². The highest BCUT2D eigenvalue weighted by Gasteiger charge is 2.28. The van der Waals surface area contributed by atoms with Crippen molar-refractivity contribution in [3.05, 3.63) is 0 Å². The lowest BCUT2D eigenvalue weighted by Crippen LogP contribution is -2.43. The summed E-state index contributed by atoms with van der Waals surface area (Å²) in [6.07, 6.45) is -0.224. The Kier molecular flexibility index (Phi) is 8.00. The number of aliphatic carboxylic acids is 2. The van der Waals surface area contributed by atoms with Crippen LogP contribution in [0, 0.1) is 10.8 Å². The molecule has 0 aliphatic heterocycles. The molecule has 0 radical (unpaired) electrons. The number of amidine groups is 2. The summed E-state index contributed by atoms with van der Waals surface area (Å²) in [5.74, 6) is -1.88. The van der Waals surface area contributed by atoms with E-state index in [1.165, 1.54) is 0 Å². The largest absolute Gasteiger partial charge is 0.481 e. The topological polar surface area (TPSA) is 171 Å². The van der Waals surface area contributed by atoms with Gasteiger partial charge < -0.3 is 20.8 Å². The molecule has 0 aromatic carbocycles. The number of hydrogen-bond donors (Lipinski definition) is 6. The second kappa shape index (κ2) is 8.94. The maximum absolute atomic E-state index is 10.5. The Morgan fingerprint density at radius 3 is 1.38 bits per heavy atom. The third kappa shape index (κ3) is 8.20. The molecular weight excluding hydrogens is 316 g/mol. The first-order valence-electron chi connectivity index (χ1n) is 7.42. The highest BCUT2D eigenvalue weighted by atomic mass is 16.4. The molecule has 0 aromatic rings. The Labute approximate surface area is 140 Å². The normalized spacial score (nSPS) is 12.0. The molecule has 6 N–H and O–H groups in total. The number of hydrogen-bond acceptors (Lipinski definition) is 6. The van der Waals surface area contributed by atoms with E-state index in [0.717, 1.165) is 0 Å². The van der Waals surface area contributed by atoms with Gasteiger partial charge in [-0.25, -0.2) is 0 Å². The van der Waals surface area contributed by atoms with E-state index in [2.05, 4.69) is 20.9 Å². The molecule has 0 aliphatic rings. The monoisotopic (exact) mass is 342 g/mol. The number of rotatable bonds is 10. The number of carboxylic acid groups (broad SMARTS) is 2. The van der Waals surface area contributed by atoms with E-state index < -0.39 is 23.0 Å². The van der Waals surface area contributed by atoms with Crippen molar-refractivity contribution in [3.63, 3.8) is 0 Å². The van der Waals surface area contributed by atoms with Gasteiger partial charge in [0.1, 0.15) is 22.7 Å². The van der Waals surface area contributed by atoms with Crippen LogP contribution in [0.1, 0.15) is 40.5 Å². The highest BCUT2D eigenvalue weighted by molar-refractivity contribution is 5.89. The van der Waals surface area contributed by atoms with Gasteiger partial charge in [0, 0.05) is 13.1 Å². The lowest BCUT2D eigenvalue weighted by Gasteiger charge is -2.25. The van der Waals surface area contributed by atoms with Crippen LogP contribution < -0.4 is 10.6 Å². The Hall–Kier alpha value is -2.52. The Morgan fingerprint density at radius 2 is 1.12 bits per heavy atom. The van der Waals surface area contributed by atoms with Crippen molar-refractivity contribution >= 4 is 23.6 Å². The van der Waals surface area contributed by atoms with Crippen molar-refractivity contribution in [2.45, 2.75) is 51.6 Å². The van der Waals surface area contributed by atoms with Gasteiger partial charge in [-0.05, 0) is 27.7 Å². The summed E-state index contributed by atoms with van der Waals surface area (Å²) >= 11 is 0. The number of carboxylic acids is 2. The lowest BCUT2D eigenvalue weighted by atomic mass is 10.0. The zero-order valence-corrected chi connectivity index (χ0v) is 14.4. The zero-order chi connectivity index (χ0) is 19.0. The third-order valence-electron chi connectivity index (χ3n) is 3.05. The van der Waals surface area contributed by atoms with Gasteiger partial charge in [-0.15, -0.1) is 0 Å². The summed E-state index contributed by atoms with van der Waals surface area (Å²) in [5.41, 5.74) is -2.01. The van der Waals surface area contributed by atoms with E-state index in [1.54, 1.807) is 27.7 Å². The van der Waals surface area contributed by atoms with Crippen LogP contribution in [0.2, 0.25) is 0 Å². The van der Waals surface area contributed by atoms with Gasteiger partial charge in [0.2, 0.25) is 0 Å². The minimum absolute atomic E-state index is 0.0219. The van der Waals surface area contributed by atoms with Crippen LogP contribution in [0.25, 0.3) is 0 Å². The molecular formula is C14H26N6O4. The first kappa shape index (κ1) is 21.5. The predicted molar refractivity (Wildman–Crippen MR) is 89.0 cm³/mol. The molecule has 10 nitrogen and oxygen atoms in total. The van der Waals surface area contributed by atoms with Crippen LogP contribution in [0.4, 0.5) is 0 Å². The zero-order valence-electron chi connectivity index (χ0n) is 14.4. The van der Waals surface area contributed by atoms with Crippen molar-refractivity contribution in [1.29, 1.82) is 10.8 Å². The van der Waals surface area contributed by atoms with Crippen molar-refractivity contribution < 1.29 is 19.8 Å².